The monoisotopic (exact) mass is 236 g/mol. The summed E-state index contributed by atoms with van der Waals surface area (Å²) < 4.78 is 23.8. The third-order valence-corrected chi connectivity index (χ3v) is 2.14. The fourth-order valence-corrected chi connectivity index (χ4v) is 1.07. The molecule has 0 unspecified atom stereocenters. The topological polar surface area (TPSA) is 43.4 Å². The quantitative estimate of drug-likeness (QED) is 0.307. The summed E-state index contributed by atoms with van der Waals surface area (Å²) in [5.74, 6) is 2.07. The predicted molar refractivity (Wildman–Crippen MR) is 63.8 cm³/mol. The summed E-state index contributed by atoms with van der Waals surface area (Å²) >= 11 is 1.82. The molecule has 0 saturated carbocycles. The second-order valence-corrected chi connectivity index (χ2v) is 4.76. The van der Waals surface area contributed by atoms with E-state index in [4.69, 9.17) is 0 Å². The molecule has 0 spiro atoms. The molecule has 0 fully saturated rings. The van der Waals surface area contributed by atoms with Gasteiger partial charge >= 0.3 is 10.1 Å². The summed E-state index contributed by atoms with van der Waals surface area (Å²) in [5.41, 5.74) is 0. The number of thioether (sulfide) groups is 1. The smallest absolute Gasteiger partial charge is 0.305 e. The number of rotatable bonds is 6. The van der Waals surface area contributed by atoms with Gasteiger partial charge in [0.2, 0.25) is 0 Å². The van der Waals surface area contributed by atoms with E-state index >= 15 is 0 Å². The first-order valence-corrected chi connectivity index (χ1v) is 6.73. The molecule has 0 N–H and O–H groups in total. The van der Waals surface area contributed by atoms with Crippen LogP contribution in [0.1, 0.15) is 0 Å². The Kier molecular flexibility index (Phi) is 11.7. The molecule has 0 aliphatic rings. The van der Waals surface area contributed by atoms with E-state index in [9.17, 15) is 8.42 Å². The highest BCUT2D eigenvalue weighted by molar-refractivity contribution is 7.99. The van der Waals surface area contributed by atoms with Crippen molar-refractivity contribution in [3.05, 3.63) is 38.2 Å². The van der Waals surface area contributed by atoms with Crippen molar-refractivity contribution in [1.29, 1.82) is 0 Å². The van der Waals surface area contributed by atoms with Crippen LogP contribution in [0.5, 0.6) is 0 Å². The molecule has 0 aliphatic heterocycles. The lowest BCUT2D eigenvalue weighted by molar-refractivity contribution is 0.451. The minimum absolute atomic E-state index is 0.870. The maximum atomic E-state index is 9.94. The van der Waals surface area contributed by atoms with E-state index in [1.165, 1.54) is 0 Å². The molecule has 0 heterocycles. The van der Waals surface area contributed by atoms with Crippen molar-refractivity contribution in [1.82, 2.24) is 0 Å². The Bertz CT molecular complexity index is 247. The summed E-state index contributed by atoms with van der Waals surface area (Å²) in [6.45, 7) is 10.2. The zero-order valence-corrected chi connectivity index (χ0v) is 9.94. The lowest BCUT2D eigenvalue weighted by atomic mass is 10.8. The average Bonchev–Trinajstić information content (AvgIpc) is 2.04. The number of hydrogen-bond donors (Lipinski definition) is 0. The molecule has 0 amide bonds. The molecular weight excluding hydrogens is 220 g/mol. The SMILES string of the molecule is C=CCSCC=C.C=COS(C)(=O)=O. The van der Waals surface area contributed by atoms with Gasteiger partial charge in [0, 0.05) is 11.5 Å². The lowest BCUT2D eigenvalue weighted by Gasteiger charge is -1.89. The number of hydrogen-bond acceptors (Lipinski definition) is 4. The van der Waals surface area contributed by atoms with E-state index < -0.39 is 10.1 Å². The molecule has 0 saturated heterocycles. The van der Waals surface area contributed by atoms with E-state index in [2.05, 4.69) is 23.9 Å². The van der Waals surface area contributed by atoms with Crippen molar-refractivity contribution in [3.8, 4) is 0 Å². The van der Waals surface area contributed by atoms with Crippen molar-refractivity contribution < 1.29 is 12.6 Å². The molecule has 0 radical (unpaired) electrons. The van der Waals surface area contributed by atoms with Gasteiger partial charge in [-0.15, -0.1) is 13.2 Å². The predicted octanol–water partition coefficient (Wildman–Crippen LogP) is 2.20. The van der Waals surface area contributed by atoms with E-state index in [1.54, 1.807) is 0 Å². The zero-order chi connectivity index (χ0) is 11.4. The van der Waals surface area contributed by atoms with Crippen LogP contribution in [0.4, 0.5) is 0 Å². The maximum absolute atomic E-state index is 9.94. The van der Waals surface area contributed by atoms with E-state index in [0.29, 0.717) is 0 Å². The van der Waals surface area contributed by atoms with Gasteiger partial charge in [-0.1, -0.05) is 18.7 Å². The molecule has 0 aromatic carbocycles. The van der Waals surface area contributed by atoms with Crippen LogP contribution in [0.3, 0.4) is 0 Å². The first-order valence-electron chi connectivity index (χ1n) is 3.76. The Morgan fingerprint density at radius 3 is 1.79 bits per heavy atom. The highest BCUT2D eigenvalue weighted by Crippen LogP contribution is 1.97. The van der Waals surface area contributed by atoms with Gasteiger partial charge < -0.3 is 4.18 Å². The highest BCUT2D eigenvalue weighted by Gasteiger charge is 1.92. The molecule has 0 bridgehead atoms. The van der Waals surface area contributed by atoms with Gasteiger partial charge in [-0.25, -0.2) is 0 Å². The van der Waals surface area contributed by atoms with Gasteiger partial charge in [-0.2, -0.15) is 20.2 Å². The largest absolute Gasteiger partial charge is 0.391 e. The van der Waals surface area contributed by atoms with Crippen LogP contribution in [0, 0.1) is 0 Å². The molecule has 0 rings (SSSR count). The Morgan fingerprint density at radius 1 is 1.21 bits per heavy atom. The van der Waals surface area contributed by atoms with E-state index in [1.807, 2.05) is 23.9 Å². The normalized spacial score (nSPS) is 9.21. The van der Waals surface area contributed by atoms with Gasteiger partial charge in [0.15, 0.2) is 0 Å². The van der Waals surface area contributed by atoms with Crippen LogP contribution in [0.2, 0.25) is 0 Å². The standard InChI is InChI=1S/C6H10S.C3H6O3S/c1-3-5-7-6-4-2;1-3-6-7(2,4)5/h3-4H,1-2,5-6H2;3H,1H2,2H3. The summed E-state index contributed by atoms with van der Waals surface area (Å²) in [6, 6.07) is 0. The van der Waals surface area contributed by atoms with Gasteiger partial charge in [-0.3, -0.25) is 0 Å². The zero-order valence-electron chi connectivity index (χ0n) is 8.31. The molecule has 0 aromatic heterocycles. The van der Waals surface area contributed by atoms with Crippen molar-refractivity contribution in [2.45, 2.75) is 0 Å². The molecule has 3 nitrogen and oxygen atoms in total. The molecule has 5 heteroatoms. The minimum Gasteiger partial charge on any atom is -0.391 e. The van der Waals surface area contributed by atoms with Gasteiger partial charge in [0.25, 0.3) is 0 Å². The highest BCUT2D eigenvalue weighted by atomic mass is 32.2. The third-order valence-electron chi connectivity index (χ3n) is 0.714. The summed E-state index contributed by atoms with van der Waals surface area (Å²) in [6.07, 6.45) is 5.62. The van der Waals surface area contributed by atoms with Crippen LogP contribution in [0.15, 0.2) is 38.2 Å². The lowest BCUT2D eigenvalue weighted by Crippen LogP contribution is -1.94. The van der Waals surface area contributed by atoms with Crippen molar-refractivity contribution >= 4 is 21.9 Å². The third kappa shape index (κ3) is 22.5. The Labute approximate surface area is 90.7 Å². The van der Waals surface area contributed by atoms with E-state index in [-0.39, 0.29) is 0 Å². The molecule has 0 aliphatic carbocycles. The molecule has 14 heavy (non-hydrogen) atoms. The van der Waals surface area contributed by atoms with Gasteiger partial charge in [0.05, 0.1) is 12.5 Å². The second-order valence-electron chi connectivity index (χ2n) is 2.08. The summed E-state index contributed by atoms with van der Waals surface area (Å²) in [5, 5.41) is 0. The summed E-state index contributed by atoms with van der Waals surface area (Å²) in [4.78, 5) is 0. The average molecular weight is 236 g/mol. The van der Waals surface area contributed by atoms with Crippen LogP contribution >= 0.6 is 11.8 Å². The molecular formula is C9H16O3S2. The van der Waals surface area contributed by atoms with Crippen LogP contribution in [-0.4, -0.2) is 26.2 Å². The maximum Gasteiger partial charge on any atom is 0.305 e. The van der Waals surface area contributed by atoms with E-state index in [0.717, 1.165) is 24.0 Å². The van der Waals surface area contributed by atoms with Crippen LogP contribution in [-0.2, 0) is 14.3 Å². The van der Waals surface area contributed by atoms with Crippen molar-refractivity contribution in [2.24, 2.45) is 0 Å². The Morgan fingerprint density at radius 2 is 1.64 bits per heavy atom. The first kappa shape index (κ1) is 15.8. The summed E-state index contributed by atoms with van der Waals surface area (Å²) in [7, 11) is -3.29. The first-order chi connectivity index (χ1) is 6.47. The molecule has 0 aromatic rings. The minimum atomic E-state index is -3.29. The Balaban J connectivity index is 0. The van der Waals surface area contributed by atoms with Crippen molar-refractivity contribution in [2.75, 3.05) is 17.8 Å². The van der Waals surface area contributed by atoms with Gasteiger partial charge in [0.1, 0.15) is 0 Å². The second kappa shape index (κ2) is 10.4. The Hall–Kier alpha value is -0.680. The molecule has 0 atom stereocenters. The van der Waals surface area contributed by atoms with Crippen molar-refractivity contribution in [3.63, 3.8) is 0 Å². The van der Waals surface area contributed by atoms with Crippen LogP contribution < -0.4 is 0 Å². The van der Waals surface area contributed by atoms with Gasteiger partial charge in [-0.05, 0) is 0 Å². The fourth-order valence-electron chi connectivity index (χ4n) is 0.358. The fraction of sp³-hybridized carbons (Fsp3) is 0.333. The molecule has 82 valence electrons. The van der Waals surface area contributed by atoms with Crippen LogP contribution in [0.25, 0.3) is 0 Å².